The Labute approximate surface area is 184 Å². The van der Waals surface area contributed by atoms with E-state index < -0.39 is 5.97 Å². The van der Waals surface area contributed by atoms with Crippen LogP contribution in [0.4, 0.5) is 0 Å². The summed E-state index contributed by atoms with van der Waals surface area (Å²) in [5.41, 5.74) is 0. The molecule has 3 atom stereocenters. The van der Waals surface area contributed by atoms with E-state index in [4.69, 9.17) is 24.1 Å². The first kappa shape index (κ1) is 27.8. The van der Waals surface area contributed by atoms with Crippen molar-refractivity contribution in [1.82, 2.24) is 0 Å². The smallest absolute Gasteiger partial charge is 0.280 e. The Hall–Kier alpha value is -0.280. The summed E-state index contributed by atoms with van der Waals surface area (Å²) in [6, 6.07) is 0. The van der Waals surface area contributed by atoms with Gasteiger partial charge in [-0.15, -0.1) is 0 Å². The van der Waals surface area contributed by atoms with Gasteiger partial charge in [0.1, 0.15) is 6.10 Å². The predicted molar refractivity (Wildman–Crippen MR) is 118 cm³/mol. The summed E-state index contributed by atoms with van der Waals surface area (Å²) in [5, 5.41) is 19.7. The van der Waals surface area contributed by atoms with E-state index in [1.54, 1.807) is 0 Å². The molecule has 0 aliphatic carbocycles. The molecule has 1 fully saturated rings. The van der Waals surface area contributed by atoms with Crippen molar-refractivity contribution in [3.8, 4) is 0 Å². The van der Waals surface area contributed by atoms with E-state index in [-0.39, 0.29) is 32.5 Å². The molecule has 1 heterocycles. The highest BCUT2D eigenvalue weighted by Gasteiger charge is 2.33. The summed E-state index contributed by atoms with van der Waals surface area (Å²) in [6.45, 7) is 9.37. The Morgan fingerprint density at radius 1 is 0.933 bits per heavy atom. The molecule has 2 N–H and O–H groups in total. The zero-order valence-corrected chi connectivity index (χ0v) is 19.8. The highest BCUT2D eigenvalue weighted by molar-refractivity contribution is 4.64. The largest absolute Gasteiger partial charge is 0.394 e. The minimum absolute atomic E-state index is 0.0195. The molecule has 0 radical (unpaired) electrons. The van der Waals surface area contributed by atoms with E-state index in [1.165, 1.54) is 58.0 Å². The van der Waals surface area contributed by atoms with Crippen molar-refractivity contribution in [3.63, 3.8) is 0 Å². The number of unbranched alkanes of at least 4 members (excludes halogenated alkanes) is 5. The second-order valence-corrected chi connectivity index (χ2v) is 8.83. The molecule has 0 bridgehead atoms. The molecule has 0 aromatic heterocycles. The first-order valence-corrected chi connectivity index (χ1v) is 12.1. The number of hydrogen-bond acceptors (Lipinski definition) is 6. The van der Waals surface area contributed by atoms with Crippen molar-refractivity contribution in [1.29, 1.82) is 0 Å². The van der Waals surface area contributed by atoms with E-state index in [0.29, 0.717) is 19.6 Å². The minimum Gasteiger partial charge on any atom is -0.394 e. The van der Waals surface area contributed by atoms with Crippen LogP contribution >= 0.6 is 0 Å². The molecule has 1 aliphatic rings. The van der Waals surface area contributed by atoms with Gasteiger partial charge in [-0.2, -0.15) is 0 Å². The van der Waals surface area contributed by atoms with Crippen LogP contribution in [0.25, 0.3) is 0 Å². The number of aliphatic hydroxyl groups excluding tert-OH is 1. The highest BCUT2D eigenvalue weighted by atomic mass is 16.8. The lowest BCUT2D eigenvalue weighted by molar-refractivity contribution is -0.910. The van der Waals surface area contributed by atoms with E-state index >= 15 is 0 Å². The predicted octanol–water partition coefficient (Wildman–Crippen LogP) is 3.07. The molecule has 0 saturated carbocycles. The maximum absolute atomic E-state index is 10.8. The first-order valence-electron chi connectivity index (χ1n) is 12.1. The average molecular weight is 435 g/mol. The number of nitrogens with zero attached hydrogens (tertiary/aromatic N) is 1. The summed E-state index contributed by atoms with van der Waals surface area (Å²) in [7, 11) is 2.36. The summed E-state index contributed by atoms with van der Waals surface area (Å²) in [4.78, 5) is 0. The van der Waals surface area contributed by atoms with Gasteiger partial charge in [-0.1, -0.05) is 33.1 Å². The fourth-order valence-electron chi connectivity index (χ4n) is 3.93. The molecule has 7 nitrogen and oxygen atoms in total. The molecule has 3 unspecified atom stereocenters. The topological polar surface area (TPSA) is 77.4 Å². The molecule has 0 spiro atoms. The minimum atomic E-state index is -1.56. The summed E-state index contributed by atoms with van der Waals surface area (Å²) >= 11 is 0. The van der Waals surface area contributed by atoms with Gasteiger partial charge < -0.3 is 33.6 Å². The molecule has 0 aromatic carbocycles. The molecule has 1 saturated heterocycles. The van der Waals surface area contributed by atoms with Gasteiger partial charge in [0, 0.05) is 12.8 Å². The third kappa shape index (κ3) is 12.5. The van der Waals surface area contributed by atoms with Crippen LogP contribution in [0.1, 0.15) is 71.6 Å². The highest BCUT2D eigenvalue weighted by Crippen LogP contribution is 2.22. The lowest BCUT2D eigenvalue weighted by Crippen LogP contribution is -2.48. The van der Waals surface area contributed by atoms with Gasteiger partial charge >= 0.3 is 0 Å². The zero-order valence-electron chi connectivity index (χ0n) is 19.8. The lowest BCUT2D eigenvalue weighted by Gasteiger charge is -2.37. The number of ether oxygens (including phenoxy) is 4. The standard InChI is InChI=1S/C23H48NO6/c1-4-6-8-10-14-24(3,13-9-7-5-2)15-11-12-23(26)29-19-18-28-22(21-30-23)20-27-17-16-25/h22,25-26H,4-21H2,1-3H3/q+1. The molecule has 1 rings (SSSR count). The molecular formula is C23H48NO6+. The van der Waals surface area contributed by atoms with Crippen LogP contribution in [0.5, 0.6) is 0 Å². The second-order valence-electron chi connectivity index (χ2n) is 8.83. The fraction of sp³-hybridized carbons (Fsp3) is 1.00. The van der Waals surface area contributed by atoms with Gasteiger partial charge in [0.05, 0.1) is 66.3 Å². The Bertz CT molecular complexity index is 413. The van der Waals surface area contributed by atoms with Gasteiger partial charge in [0.25, 0.3) is 5.97 Å². The summed E-state index contributed by atoms with van der Waals surface area (Å²) < 4.78 is 23.3. The quantitative estimate of drug-likeness (QED) is 0.271. The van der Waals surface area contributed by atoms with E-state index in [0.717, 1.165) is 17.4 Å². The van der Waals surface area contributed by atoms with Crippen molar-refractivity contribution in [2.75, 3.05) is 66.3 Å². The molecule has 30 heavy (non-hydrogen) atoms. The van der Waals surface area contributed by atoms with Crippen molar-refractivity contribution < 1.29 is 33.6 Å². The van der Waals surface area contributed by atoms with Crippen LogP contribution < -0.4 is 0 Å². The van der Waals surface area contributed by atoms with Crippen molar-refractivity contribution in [3.05, 3.63) is 0 Å². The number of rotatable bonds is 17. The van der Waals surface area contributed by atoms with E-state index in [9.17, 15) is 5.11 Å². The van der Waals surface area contributed by atoms with Crippen LogP contribution in [0.15, 0.2) is 0 Å². The van der Waals surface area contributed by atoms with Crippen molar-refractivity contribution in [2.45, 2.75) is 83.7 Å². The maximum Gasteiger partial charge on any atom is 0.280 e. The number of hydrogen-bond donors (Lipinski definition) is 2. The van der Waals surface area contributed by atoms with Gasteiger partial charge in [0.15, 0.2) is 0 Å². The van der Waals surface area contributed by atoms with Crippen LogP contribution in [-0.4, -0.2) is 93.1 Å². The Morgan fingerprint density at radius 2 is 1.60 bits per heavy atom. The van der Waals surface area contributed by atoms with Crippen LogP contribution in [0.2, 0.25) is 0 Å². The van der Waals surface area contributed by atoms with Crippen LogP contribution in [0.3, 0.4) is 0 Å². The van der Waals surface area contributed by atoms with E-state index in [1.807, 2.05) is 0 Å². The number of aliphatic hydroxyl groups is 2. The van der Waals surface area contributed by atoms with E-state index in [2.05, 4.69) is 20.9 Å². The van der Waals surface area contributed by atoms with Crippen molar-refractivity contribution >= 4 is 0 Å². The molecule has 180 valence electrons. The van der Waals surface area contributed by atoms with Gasteiger partial charge in [-0.05, 0) is 25.7 Å². The van der Waals surface area contributed by atoms with Gasteiger partial charge in [-0.25, -0.2) is 0 Å². The van der Waals surface area contributed by atoms with Gasteiger partial charge in [-0.3, -0.25) is 0 Å². The van der Waals surface area contributed by atoms with Crippen molar-refractivity contribution in [2.24, 2.45) is 0 Å². The second kappa shape index (κ2) is 16.4. The fourth-order valence-corrected chi connectivity index (χ4v) is 3.93. The molecule has 1 aliphatic heterocycles. The normalized spacial score (nSPS) is 24.9. The van der Waals surface area contributed by atoms with Crippen LogP contribution in [0, 0.1) is 0 Å². The molecule has 0 aromatic rings. The third-order valence-electron chi connectivity index (χ3n) is 5.84. The number of quaternary nitrogens is 1. The summed E-state index contributed by atoms with van der Waals surface area (Å²) in [6.07, 6.45) is 9.94. The zero-order chi connectivity index (χ0) is 22.1. The maximum atomic E-state index is 10.8. The third-order valence-corrected chi connectivity index (χ3v) is 5.84. The SMILES string of the molecule is CCCCCC[N+](C)(CCCCC)CCCC1(O)OCCOC(COCCO)CO1. The Balaban J connectivity index is 2.48. The Morgan fingerprint density at radius 3 is 2.30 bits per heavy atom. The first-order chi connectivity index (χ1) is 14.5. The van der Waals surface area contributed by atoms with Gasteiger partial charge in [0.2, 0.25) is 0 Å². The molecule has 0 amide bonds. The molecule has 7 heteroatoms. The summed E-state index contributed by atoms with van der Waals surface area (Å²) in [5.74, 6) is -1.56. The average Bonchev–Trinajstić information content (AvgIpc) is 2.71. The lowest BCUT2D eigenvalue weighted by atomic mass is 10.1. The molecular weight excluding hydrogens is 386 g/mol. The van der Waals surface area contributed by atoms with Crippen LogP contribution in [-0.2, 0) is 18.9 Å². The monoisotopic (exact) mass is 434 g/mol. The Kier molecular flexibility index (Phi) is 15.1.